The Morgan fingerprint density at radius 2 is 2.21 bits per heavy atom. The monoisotopic (exact) mass is 196 g/mol. The smallest absolute Gasteiger partial charge is 0.331 e. The predicted molar refractivity (Wildman–Crippen MR) is 53.2 cm³/mol. The van der Waals surface area contributed by atoms with Crippen molar-refractivity contribution >= 4 is 11.7 Å². The normalized spacial score (nSPS) is 32.8. The number of carbonyl (C=O) groups is 1. The molecule has 2 rings (SSSR count). The molecule has 0 bridgehead atoms. The van der Waals surface area contributed by atoms with Crippen LogP contribution in [0.3, 0.4) is 0 Å². The minimum atomic E-state index is -0.863. The van der Waals surface area contributed by atoms with Crippen molar-refractivity contribution in [1.82, 2.24) is 5.43 Å². The van der Waals surface area contributed by atoms with E-state index < -0.39 is 11.5 Å². The van der Waals surface area contributed by atoms with E-state index >= 15 is 0 Å². The van der Waals surface area contributed by atoms with E-state index in [2.05, 4.69) is 10.5 Å². The fourth-order valence-electron chi connectivity index (χ4n) is 2.25. The molecule has 0 aromatic heterocycles. The lowest BCUT2D eigenvalue weighted by molar-refractivity contribution is -0.143. The molecule has 78 valence electrons. The number of hydrazone groups is 1. The molecule has 1 atom stereocenters. The summed E-state index contributed by atoms with van der Waals surface area (Å²) in [4.78, 5) is 10.9. The lowest BCUT2D eigenvalue weighted by Crippen LogP contribution is -2.44. The van der Waals surface area contributed by atoms with Gasteiger partial charge in [-0.15, -0.1) is 0 Å². The van der Waals surface area contributed by atoms with Crippen LogP contribution in [0.5, 0.6) is 0 Å². The molecule has 2 N–H and O–H groups in total. The quantitative estimate of drug-likeness (QED) is 0.701. The number of nitrogens with one attached hydrogen (secondary N) is 1. The zero-order valence-corrected chi connectivity index (χ0v) is 8.42. The van der Waals surface area contributed by atoms with Crippen molar-refractivity contribution in [1.29, 1.82) is 0 Å². The van der Waals surface area contributed by atoms with Gasteiger partial charge in [-0.3, -0.25) is 5.43 Å². The van der Waals surface area contributed by atoms with Gasteiger partial charge in [0.15, 0.2) is 5.54 Å². The van der Waals surface area contributed by atoms with Crippen LogP contribution in [0.25, 0.3) is 0 Å². The average molecular weight is 196 g/mol. The van der Waals surface area contributed by atoms with Gasteiger partial charge in [0.2, 0.25) is 0 Å². The Bertz CT molecular complexity index is 282. The van der Waals surface area contributed by atoms with Gasteiger partial charge in [0.05, 0.1) is 0 Å². The molecule has 0 aromatic rings. The Morgan fingerprint density at radius 3 is 2.71 bits per heavy atom. The summed E-state index contributed by atoms with van der Waals surface area (Å²) < 4.78 is 0. The first-order valence-electron chi connectivity index (χ1n) is 5.19. The lowest BCUT2D eigenvalue weighted by Gasteiger charge is -2.17. The van der Waals surface area contributed by atoms with E-state index in [1.54, 1.807) is 6.92 Å². The Balaban J connectivity index is 2.02. The van der Waals surface area contributed by atoms with E-state index in [1.807, 2.05) is 0 Å². The van der Waals surface area contributed by atoms with Crippen LogP contribution in [0.2, 0.25) is 0 Å². The fourth-order valence-corrected chi connectivity index (χ4v) is 2.25. The molecule has 1 aliphatic heterocycles. The highest BCUT2D eigenvalue weighted by molar-refractivity contribution is 5.95. The maximum atomic E-state index is 10.9. The zero-order valence-electron chi connectivity index (χ0n) is 8.42. The molecule has 1 unspecified atom stereocenters. The minimum absolute atomic E-state index is 0.531. The van der Waals surface area contributed by atoms with Crippen LogP contribution in [0.1, 0.15) is 39.0 Å². The van der Waals surface area contributed by atoms with Crippen molar-refractivity contribution in [2.24, 2.45) is 11.0 Å². The molecule has 4 nitrogen and oxygen atoms in total. The molecule has 4 heteroatoms. The SMILES string of the molecule is CC1(C(=O)O)CC(C2CCCC2)=NN1. The van der Waals surface area contributed by atoms with Gasteiger partial charge in [0.1, 0.15) is 0 Å². The second kappa shape index (κ2) is 3.26. The van der Waals surface area contributed by atoms with Crippen molar-refractivity contribution in [2.45, 2.75) is 44.6 Å². The third-order valence-corrected chi connectivity index (χ3v) is 3.28. The molecule has 0 amide bonds. The summed E-state index contributed by atoms with van der Waals surface area (Å²) in [6.07, 6.45) is 5.43. The van der Waals surface area contributed by atoms with Gasteiger partial charge in [-0.1, -0.05) is 12.8 Å². The Hall–Kier alpha value is -1.06. The van der Waals surface area contributed by atoms with Crippen molar-refractivity contribution in [3.05, 3.63) is 0 Å². The molecule has 0 spiro atoms. The van der Waals surface area contributed by atoms with E-state index in [9.17, 15) is 4.79 Å². The van der Waals surface area contributed by atoms with Crippen LogP contribution in [0, 0.1) is 5.92 Å². The summed E-state index contributed by atoms with van der Waals surface area (Å²) in [5, 5.41) is 13.2. The van der Waals surface area contributed by atoms with Gasteiger partial charge in [-0.25, -0.2) is 4.79 Å². The number of carboxylic acids is 1. The summed E-state index contributed by atoms with van der Waals surface area (Å²) >= 11 is 0. The van der Waals surface area contributed by atoms with Crippen molar-refractivity contribution in [3.63, 3.8) is 0 Å². The van der Waals surface area contributed by atoms with Gasteiger partial charge in [0.25, 0.3) is 0 Å². The van der Waals surface area contributed by atoms with E-state index in [4.69, 9.17) is 5.11 Å². The van der Waals surface area contributed by atoms with Crippen LogP contribution in [0.15, 0.2) is 5.10 Å². The molecule has 1 heterocycles. The number of rotatable bonds is 2. The second-order valence-corrected chi connectivity index (χ2v) is 4.51. The first-order valence-corrected chi connectivity index (χ1v) is 5.19. The van der Waals surface area contributed by atoms with Crippen LogP contribution < -0.4 is 5.43 Å². The highest BCUT2D eigenvalue weighted by atomic mass is 16.4. The molecule has 0 radical (unpaired) electrons. The molecule has 1 fully saturated rings. The summed E-state index contributed by atoms with van der Waals surface area (Å²) in [5.74, 6) is -0.280. The van der Waals surface area contributed by atoms with E-state index in [-0.39, 0.29) is 0 Å². The van der Waals surface area contributed by atoms with Crippen molar-refractivity contribution < 1.29 is 9.90 Å². The molecule has 14 heavy (non-hydrogen) atoms. The second-order valence-electron chi connectivity index (χ2n) is 4.51. The number of hydrogen-bond donors (Lipinski definition) is 2. The van der Waals surface area contributed by atoms with Crippen LogP contribution >= 0.6 is 0 Å². The number of hydrogen-bond acceptors (Lipinski definition) is 3. The maximum absolute atomic E-state index is 10.9. The Kier molecular flexibility index (Phi) is 2.21. The number of aliphatic carboxylic acids is 1. The summed E-state index contributed by atoms with van der Waals surface area (Å²) in [5.41, 5.74) is 2.95. The average Bonchev–Trinajstić information content (AvgIpc) is 2.72. The Labute approximate surface area is 83.4 Å². The highest BCUT2D eigenvalue weighted by Crippen LogP contribution is 2.31. The standard InChI is InChI=1S/C10H16N2O2/c1-10(9(13)14)6-8(11-12-10)7-4-2-3-5-7/h7,12H,2-6H2,1H3,(H,13,14). The van der Waals surface area contributed by atoms with Crippen LogP contribution in [-0.2, 0) is 4.79 Å². The lowest BCUT2D eigenvalue weighted by atomic mass is 9.90. The number of carboxylic acid groups (broad SMARTS) is 1. The maximum Gasteiger partial charge on any atom is 0.331 e. The van der Waals surface area contributed by atoms with Gasteiger partial charge in [-0.2, -0.15) is 5.10 Å². The van der Waals surface area contributed by atoms with E-state index in [0.717, 1.165) is 5.71 Å². The van der Waals surface area contributed by atoms with Gasteiger partial charge >= 0.3 is 5.97 Å². The van der Waals surface area contributed by atoms with E-state index in [1.165, 1.54) is 25.7 Å². The molecule has 0 saturated heterocycles. The highest BCUT2D eigenvalue weighted by Gasteiger charge is 2.40. The first-order chi connectivity index (χ1) is 6.62. The van der Waals surface area contributed by atoms with E-state index in [0.29, 0.717) is 12.3 Å². The fraction of sp³-hybridized carbons (Fsp3) is 0.800. The van der Waals surface area contributed by atoms with Gasteiger partial charge < -0.3 is 5.11 Å². The van der Waals surface area contributed by atoms with Crippen LogP contribution in [0.4, 0.5) is 0 Å². The summed E-state index contributed by atoms with van der Waals surface area (Å²) in [6.45, 7) is 1.70. The third kappa shape index (κ3) is 1.49. The Morgan fingerprint density at radius 1 is 1.57 bits per heavy atom. The number of nitrogens with zero attached hydrogens (tertiary/aromatic N) is 1. The molecular weight excluding hydrogens is 180 g/mol. The third-order valence-electron chi connectivity index (χ3n) is 3.28. The van der Waals surface area contributed by atoms with Crippen LogP contribution in [-0.4, -0.2) is 22.3 Å². The molecule has 2 aliphatic rings. The molecular formula is C10H16N2O2. The molecule has 0 aromatic carbocycles. The topological polar surface area (TPSA) is 61.7 Å². The largest absolute Gasteiger partial charge is 0.479 e. The van der Waals surface area contributed by atoms with Gasteiger partial charge in [0, 0.05) is 12.1 Å². The minimum Gasteiger partial charge on any atom is -0.479 e. The summed E-state index contributed by atoms with van der Waals surface area (Å²) in [6, 6.07) is 0. The predicted octanol–water partition coefficient (Wildman–Crippen LogP) is 1.37. The first kappa shape index (κ1) is 9.49. The molecule has 1 aliphatic carbocycles. The van der Waals surface area contributed by atoms with Crippen molar-refractivity contribution in [2.75, 3.05) is 0 Å². The molecule has 1 saturated carbocycles. The van der Waals surface area contributed by atoms with Crippen molar-refractivity contribution in [3.8, 4) is 0 Å². The van der Waals surface area contributed by atoms with Gasteiger partial charge in [-0.05, 0) is 25.7 Å². The summed E-state index contributed by atoms with van der Waals surface area (Å²) in [7, 11) is 0. The zero-order chi connectivity index (χ0) is 10.2.